The van der Waals surface area contributed by atoms with E-state index in [1.807, 2.05) is 61.4 Å². The number of fused-ring (bicyclic) bond motifs is 1. The highest BCUT2D eigenvalue weighted by atomic mass is 16.5. The highest BCUT2D eigenvalue weighted by Crippen LogP contribution is 2.23. The third-order valence-electron chi connectivity index (χ3n) is 4.38. The third-order valence-corrected chi connectivity index (χ3v) is 4.38. The van der Waals surface area contributed by atoms with E-state index in [1.165, 1.54) is 0 Å². The van der Waals surface area contributed by atoms with Gasteiger partial charge in [-0.1, -0.05) is 6.08 Å². The Kier molecular flexibility index (Phi) is 5.37. The second-order valence-electron chi connectivity index (χ2n) is 6.17. The van der Waals surface area contributed by atoms with Gasteiger partial charge in [0.1, 0.15) is 11.9 Å². The largest absolute Gasteiger partial charge is 0.499 e. The lowest BCUT2D eigenvalue weighted by molar-refractivity contribution is 0.0255. The molecule has 0 aromatic carbocycles. The normalized spacial score (nSPS) is 18.8. The predicted molar refractivity (Wildman–Crippen MR) is 100 cm³/mol. The molecule has 0 amide bonds. The van der Waals surface area contributed by atoms with Crippen LogP contribution in [0.3, 0.4) is 0 Å². The van der Waals surface area contributed by atoms with Crippen molar-refractivity contribution in [3.63, 3.8) is 0 Å². The van der Waals surface area contributed by atoms with Crippen molar-refractivity contribution < 1.29 is 9.47 Å². The maximum Gasteiger partial charge on any atom is 0.181 e. The zero-order valence-electron chi connectivity index (χ0n) is 15.9. The van der Waals surface area contributed by atoms with Crippen molar-refractivity contribution in [2.75, 3.05) is 13.7 Å². The molecule has 0 bridgehead atoms. The van der Waals surface area contributed by atoms with E-state index in [9.17, 15) is 0 Å². The van der Waals surface area contributed by atoms with E-state index in [2.05, 4.69) is 15.1 Å². The predicted octanol–water partition coefficient (Wildman–Crippen LogP) is 3.37. The zero-order chi connectivity index (χ0) is 18.7. The third kappa shape index (κ3) is 3.62. The van der Waals surface area contributed by atoms with Gasteiger partial charge < -0.3 is 14.0 Å². The summed E-state index contributed by atoms with van der Waals surface area (Å²) in [5, 5.41) is 4.63. The Morgan fingerprint density at radius 1 is 1.38 bits per heavy atom. The number of ether oxygens (including phenoxy) is 2. The Bertz CT molecular complexity index is 872. The van der Waals surface area contributed by atoms with E-state index in [-0.39, 0.29) is 6.10 Å². The van der Waals surface area contributed by atoms with Gasteiger partial charge in [-0.2, -0.15) is 5.10 Å². The number of aryl methyl sites for hydroxylation is 1. The van der Waals surface area contributed by atoms with E-state index in [0.29, 0.717) is 12.4 Å². The summed E-state index contributed by atoms with van der Waals surface area (Å²) in [5.41, 5.74) is 2.80. The number of methoxy groups -OCH3 is 1. The molecule has 3 rings (SSSR count). The number of hydrogen-bond donors (Lipinski definition) is 0. The second kappa shape index (κ2) is 7.70. The SMILES string of the molecule is C/C=C(/C=C\C(=C(/C)OC)n1cnc(C)c1)c1nc2n(n1)CCOC2C. The van der Waals surface area contributed by atoms with Gasteiger partial charge in [0, 0.05) is 11.8 Å². The molecular formula is C19H25N5O2. The van der Waals surface area contributed by atoms with E-state index < -0.39 is 0 Å². The minimum absolute atomic E-state index is 0.0350. The van der Waals surface area contributed by atoms with Crippen molar-refractivity contribution in [1.29, 1.82) is 0 Å². The molecule has 0 saturated carbocycles. The number of hydrogen-bond acceptors (Lipinski definition) is 5. The lowest BCUT2D eigenvalue weighted by Crippen LogP contribution is -2.20. The van der Waals surface area contributed by atoms with Gasteiger partial charge in [0.15, 0.2) is 11.6 Å². The van der Waals surface area contributed by atoms with E-state index in [0.717, 1.165) is 35.1 Å². The lowest BCUT2D eigenvalue weighted by Gasteiger charge is -2.18. The standard InChI is InChI=1S/C19H25N5O2/c1-6-16(18-21-19-15(4)26-10-9-24(19)22-18)7-8-17(14(3)25-5)23-11-13(2)20-12-23/h6-8,11-12,15H,9-10H2,1-5H3/b8-7-,16-6-,17-14-. The van der Waals surface area contributed by atoms with Crippen molar-refractivity contribution >= 4 is 11.3 Å². The molecule has 1 atom stereocenters. The maximum absolute atomic E-state index is 5.64. The van der Waals surface area contributed by atoms with Gasteiger partial charge in [-0.3, -0.25) is 0 Å². The summed E-state index contributed by atoms with van der Waals surface area (Å²) in [6.07, 6.45) is 9.70. The molecule has 1 unspecified atom stereocenters. The van der Waals surface area contributed by atoms with Crippen molar-refractivity contribution in [2.24, 2.45) is 0 Å². The van der Waals surface area contributed by atoms with Gasteiger partial charge in [0.2, 0.25) is 0 Å². The van der Waals surface area contributed by atoms with Crippen LogP contribution in [0.2, 0.25) is 0 Å². The van der Waals surface area contributed by atoms with Gasteiger partial charge in [0.25, 0.3) is 0 Å². The van der Waals surface area contributed by atoms with Crippen LogP contribution in [-0.4, -0.2) is 38.0 Å². The fourth-order valence-corrected chi connectivity index (χ4v) is 2.84. The number of rotatable bonds is 5. The van der Waals surface area contributed by atoms with Crippen molar-refractivity contribution in [2.45, 2.75) is 40.3 Å². The fraction of sp³-hybridized carbons (Fsp3) is 0.421. The molecule has 3 heterocycles. The van der Waals surface area contributed by atoms with E-state index >= 15 is 0 Å². The van der Waals surface area contributed by atoms with Crippen LogP contribution in [0.5, 0.6) is 0 Å². The Morgan fingerprint density at radius 3 is 2.81 bits per heavy atom. The molecule has 2 aromatic rings. The molecule has 7 nitrogen and oxygen atoms in total. The average Bonchev–Trinajstić information content (AvgIpc) is 3.25. The first kappa shape index (κ1) is 18.1. The van der Waals surface area contributed by atoms with E-state index in [4.69, 9.17) is 9.47 Å². The van der Waals surface area contributed by atoms with Crippen molar-refractivity contribution in [1.82, 2.24) is 24.3 Å². The van der Waals surface area contributed by atoms with Crippen molar-refractivity contribution in [3.05, 3.63) is 53.9 Å². The van der Waals surface area contributed by atoms with Gasteiger partial charge in [-0.05, 0) is 39.8 Å². The molecule has 1 aliphatic heterocycles. The molecule has 0 N–H and O–H groups in total. The number of nitrogens with zero attached hydrogens (tertiary/aromatic N) is 5. The summed E-state index contributed by atoms with van der Waals surface area (Å²) in [6, 6.07) is 0. The molecule has 0 aliphatic carbocycles. The van der Waals surface area contributed by atoms with Crippen LogP contribution in [0, 0.1) is 6.92 Å². The Morgan fingerprint density at radius 2 is 2.19 bits per heavy atom. The average molecular weight is 355 g/mol. The fourth-order valence-electron chi connectivity index (χ4n) is 2.84. The smallest absolute Gasteiger partial charge is 0.181 e. The highest BCUT2D eigenvalue weighted by Gasteiger charge is 2.21. The second-order valence-corrected chi connectivity index (χ2v) is 6.17. The maximum atomic E-state index is 5.64. The molecule has 138 valence electrons. The van der Waals surface area contributed by atoms with Gasteiger partial charge in [0.05, 0.1) is 38.0 Å². The van der Waals surface area contributed by atoms with Gasteiger partial charge >= 0.3 is 0 Å². The molecule has 0 radical (unpaired) electrons. The lowest BCUT2D eigenvalue weighted by atomic mass is 10.2. The monoisotopic (exact) mass is 355 g/mol. The summed E-state index contributed by atoms with van der Waals surface area (Å²) in [5.74, 6) is 2.37. The molecule has 0 fully saturated rings. The quantitative estimate of drug-likeness (QED) is 0.608. The Hall–Kier alpha value is -2.67. The number of imidazole rings is 1. The van der Waals surface area contributed by atoms with Crippen LogP contribution in [0.1, 0.15) is 44.2 Å². The number of aromatic nitrogens is 5. The molecular weight excluding hydrogens is 330 g/mol. The summed E-state index contributed by atoms with van der Waals surface area (Å²) < 4.78 is 14.9. The molecule has 1 aliphatic rings. The molecule has 0 spiro atoms. The summed E-state index contributed by atoms with van der Waals surface area (Å²) in [6.45, 7) is 9.26. The minimum Gasteiger partial charge on any atom is -0.499 e. The van der Waals surface area contributed by atoms with Crippen LogP contribution < -0.4 is 0 Å². The summed E-state index contributed by atoms with van der Waals surface area (Å²) in [7, 11) is 1.66. The molecule has 26 heavy (non-hydrogen) atoms. The Balaban J connectivity index is 1.92. The first-order valence-corrected chi connectivity index (χ1v) is 8.70. The minimum atomic E-state index is -0.0350. The van der Waals surface area contributed by atoms with Crippen LogP contribution in [-0.2, 0) is 16.0 Å². The van der Waals surface area contributed by atoms with Crippen LogP contribution in [0.4, 0.5) is 0 Å². The first-order chi connectivity index (χ1) is 12.5. The molecule has 0 saturated heterocycles. The van der Waals surface area contributed by atoms with Gasteiger partial charge in [-0.15, -0.1) is 0 Å². The first-order valence-electron chi connectivity index (χ1n) is 8.70. The Labute approximate surface area is 153 Å². The topological polar surface area (TPSA) is 67.0 Å². The van der Waals surface area contributed by atoms with Gasteiger partial charge in [-0.25, -0.2) is 14.6 Å². The van der Waals surface area contributed by atoms with Crippen molar-refractivity contribution in [3.8, 4) is 0 Å². The van der Waals surface area contributed by atoms with Crippen LogP contribution in [0.25, 0.3) is 11.3 Å². The number of allylic oxidation sites excluding steroid dienone is 6. The summed E-state index contributed by atoms with van der Waals surface area (Å²) >= 11 is 0. The van der Waals surface area contributed by atoms with E-state index in [1.54, 1.807) is 13.4 Å². The molecule has 7 heteroatoms. The van der Waals surface area contributed by atoms with Crippen LogP contribution in [0.15, 0.2) is 36.5 Å². The van der Waals surface area contributed by atoms with Crippen LogP contribution >= 0.6 is 0 Å². The highest BCUT2D eigenvalue weighted by molar-refractivity contribution is 5.73. The summed E-state index contributed by atoms with van der Waals surface area (Å²) in [4.78, 5) is 8.96. The zero-order valence-corrected chi connectivity index (χ0v) is 15.9. The molecule has 2 aromatic heterocycles.